The molecule has 8 nitrogen and oxygen atoms in total. The van der Waals surface area contributed by atoms with Crippen LogP contribution in [0.2, 0.25) is 0 Å². The number of anilines is 1. The van der Waals surface area contributed by atoms with Gasteiger partial charge in [-0.05, 0) is 36.2 Å². The average molecular weight is 365 g/mol. The molecule has 0 saturated carbocycles. The maximum Gasteiger partial charge on any atom is 0.321 e. The van der Waals surface area contributed by atoms with Gasteiger partial charge in [0.25, 0.3) is 0 Å². The van der Waals surface area contributed by atoms with E-state index >= 15 is 0 Å². The number of rotatable bonds is 7. The molecular weight excluding hydrogens is 346 g/mol. The molecule has 0 bridgehead atoms. The van der Waals surface area contributed by atoms with Gasteiger partial charge in [0.1, 0.15) is 5.75 Å². The predicted octanol–water partition coefficient (Wildman–Crippen LogP) is 2.01. The standard InChI is InChI=1S/C19H19N5O3/c1-27-19-23-17(14-6-4-13(5-7-14)16(20)26)22-18(24-19)21-11-10-12-2-8-15(25)9-3-12/h2-9,25H,10-11H2,1H3,(H2,20,26)(H,21,22,23,24). The van der Waals surface area contributed by atoms with Crippen molar-refractivity contribution in [3.8, 4) is 23.1 Å². The van der Waals surface area contributed by atoms with Crippen molar-refractivity contribution >= 4 is 11.9 Å². The molecular formula is C19H19N5O3. The molecule has 1 aromatic heterocycles. The van der Waals surface area contributed by atoms with Crippen molar-refractivity contribution in [2.24, 2.45) is 5.73 Å². The number of hydrogen-bond acceptors (Lipinski definition) is 7. The van der Waals surface area contributed by atoms with Gasteiger partial charge in [-0.15, -0.1) is 0 Å². The Balaban J connectivity index is 1.74. The van der Waals surface area contributed by atoms with Gasteiger partial charge < -0.3 is 20.9 Å². The third-order valence-electron chi connectivity index (χ3n) is 3.86. The average Bonchev–Trinajstić information content (AvgIpc) is 2.69. The van der Waals surface area contributed by atoms with Gasteiger partial charge in [-0.3, -0.25) is 4.79 Å². The highest BCUT2D eigenvalue weighted by Gasteiger charge is 2.10. The summed E-state index contributed by atoms with van der Waals surface area (Å²) in [5.41, 5.74) is 7.45. The summed E-state index contributed by atoms with van der Waals surface area (Å²) in [6.45, 7) is 0.595. The van der Waals surface area contributed by atoms with Crippen LogP contribution in [0.4, 0.5) is 5.95 Å². The van der Waals surface area contributed by atoms with E-state index < -0.39 is 5.91 Å². The van der Waals surface area contributed by atoms with E-state index in [-0.39, 0.29) is 11.8 Å². The third kappa shape index (κ3) is 4.69. The SMILES string of the molecule is COc1nc(NCCc2ccc(O)cc2)nc(-c2ccc(C(N)=O)cc2)n1. The zero-order chi connectivity index (χ0) is 19.2. The van der Waals surface area contributed by atoms with Crippen molar-refractivity contribution in [1.29, 1.82) is 0 Å². The first kappa shape index (κ1) is 18.1. The fourth-order valence-corrected chi connectivity index (χ4v) is 2.42. The lowest BCUT2D eigenvalue weighted by Gasteiger charge is -2.09. The smallest absolute Gasteiger partial charge is 0.321 e. The first-order valence-electron chi connectivity index (χ1n) is 8.27. The number of benzene rings is 2. The van der Waals surface area contributed by atoms with Crippen LogP contribution in [0.1, 0.15) is 15.9 Å². The van der Waals surface area contributed by atoms with Crippen molar-refractivity contribution in [1.82, 2.24) is 15.0 Å². The van der Waals surface area contributed by atoms with Crippen LogP contribution in [-0.2, 0) is 6.42 Å². The number of nitrogens with zero attached hydrogens (tertiary/aromatic N) is 3. The van der Waals surface area contributed by atoms with Gasteiger partial charge in [0.15, 0.2) is 5.82 Å². The number of hydrogen-bond donors (Lipinski definition) is 3. The van der Waals surface area contributed by atoms with Gasteiger partial charge in [0, 0.05) is 17.7 Å². The molecule has 0 aliphatic heterocycles. The Morgan fingerprint density at radius 3 is 2.41 bits per heavy atom. The van der Waals surface area contributed by atoms with Crippen molar-refractivity contribution in [3.05, 3.63) is 59.7 Å². The molecule has 138 valence electrons. The fourth-order valence-electron chi connectivity index (χ4n) is 2.42. The first-order chi connectivity index (χ1) is 13.0. The quantitative estimate of drug-likeness (QED) is 0.585. The van der Waals surface area contributed by atoms with Crippen LogP contribution >= 0.6 is 0 Å². The Labute approximate surface area is 156 Å². The highest BCUT2D eigenvalue weighted by Crippen LogP contribution is 2.19. The lowest BCUT2D eigenvalue weighted by molar-refractivity contribution is 0.100. The van der Waals surface area contributed by atoms with E-state index in [1.165, 1.54) is 7.11 Å². The second-order valence-electron chi connectivity index (χ2n) is 5.75. The van der Waals surface area contributed by atoms with Crippen LogP contribution in [0.25, 0.3) is 11.4 Å². The Morgan fingerprint density at radius 1 is 1.07 bits per heavy atom. The Bertz CT molecular complexity index is 927. The van der Waals surface area contributed by atoms with E-state index in [1.807, 2.05) is 12.1 Å². The summed E-state index contributed by atoms with van der Waals surface area (Å²) in [7, 11) is 1.48. The molecule has 3 rings (SSSR count). The molecule has 0 fully saturated rings. The molecule has 0 atom stereocenters. The Kier molecular flexibility index (Phi) is 5.46. The number of carbonyl (C=O) groups is 1. The summed E-state index contributed by atoms with van der Waals surface area (Å²) in [5, 5.41) is 12.5. The summed E-state index contributed by atoms with van der Waals surface area (Å²) >= 11 is 0. The minimum absolute atomic E-state index is 0.186. The number of nitrogens with one attached hydrogen (secondary N) is 1. The largest absolute Gasteiger partial charge is 0.508 e. The van der Waals surface area contributed by atoms with Gasteiger partial charge in [0.2, 0.25) is 11.9 Å². The number of nitrogens with two attached hydrogens (primary N) is 1. The molecule has 2 aromatic carbocycles. The van der Waals surface area contributed by atoms with Gasteiger partial charge >= 0.3 is 6.01 Å². The summed E-state index contributed by atoms with van der Waals surface area (Å²) in [5.74, 6) is 0.548. The topological polar surface area (TPSA) is 123 Å². The van der Waals surface area contributed by atoms with Gasteiger partial charge in [0.05, 0.1) is 7.11 Å². The highest BCUT2D eigenvalue weighted by molar-refractivity contribution is 5.93. The molecule has 0 spiro atoms. The van der Waals surface area contributed by atoms with Crippen molar-refractivity contribution < 1.29 is 14.6 Å². The highest BCUT2D eigenvalue weighted by atomic mass is 16.5. The maximum atomic E-state index is 11.2. The van der Waals surface area contributed by atoms with E-state index in [0.29, 0.717) is 29.4 Å². The molecule has 1 amide bonds. The van der Waals surface area contributed by atoms with E-state index in [4.69, 9.17) is 10.5 Å². The predicted molar refractivity (Wildman–Crippen MR) is 101 cm³/mol. The number of carbonyl (C=O) groups excluding carboxylic acids is 1. The van der Waals surface area contributed by atoms with Crippen LogP contribution in [0.15, 0.2) is 48.5 Å². The molecule has 0 unspecified atom stereocenters. The van der Waals surface area contributed by atoms with Crippen molar-refractivity contribution in [2.45, 2.75) is 6.42 Å². The summed E-state index contributed by atoms with van der Waals surface area (Å²) in [4.78, 5) is 24.0. The number of aromatic nitrogens is 3. The van der Waals surface area contributed by atoms with E-state index in [0.717, 1.165) is 12.0 Å². The second kappa shape index (κ2) is 8.13. The third-order valence-corrected chi connectivity index (χ3v) is 3.86. The zero-order valence-corrected chi connectivity index (χ0v) is 14.7. The van der Waals surface area contributed by atoms with E-state index in [9.17, 15) is 9.90 Å². The lowest BCUT2D eigenvalue weighted by Crippen LogP contribution is -2.11. The summed E-state index contributed by atoms with van der Waals surface area (Å²) < 4.78 is 5.15. The molecule has 3 aromatic rings. The molecule has 0 radical (unpaired) electrons. The second-order valence-corrected chi connectivity index (χ2v) is 5.75. The fraction of sp³-hybridized carbons (Fsp3) is 0.158. The van der Waals surface area contributed by atoms with Crippen LogP contribution in [0.5, 0.6) is 11.8 Å². The number of phenolic OH excluding ortho intramolecular Hbond substituents is 1. The first-order valence-corrected chi connectivity index (χ1v) is 8.27. The number of ether oxygens (including phenoxy) is 1. The van der Waals surface area contributed by atoms with Crippen LogP contribution in [0, 0.1) is 0 Å². The summed E-state index contributed by atoms with van der Waals surface area (Å²) in [6.07, 6.45) is 0.733. The lowest BCUT2D eigenvalue weighted by atomic mass is 10.1. The van der Waals surface area contributed by atoms with Crippen LogP contribution < -0.4 is 15.8 Å². The van der Waals surface area contributed by atoms with Crippen molar-refractivity contribution in [3.63, 3.8) is 0 Å². The van der Waals surface area contributed by atoms with Gasteiger partial charge in [-0.1, -0.05) is 24.3 Å². The maximum absolute atomic E-state index is 11.2. The molecule has 27 heavy (non-hydrogen) atoms. The normalized spacial score (nSPS) is 10.4. The summed E-state index contributed by atoms with van der Waals surface area (Å²) in [6, 6.07) is 13.9. The molecule has 1 heterocycles. The number of phenols is 1. The number of aromatic hydroxyl groups is 1. The minimum Gasteiger partial charge on any atom is -0.508 e. The molecule has 0 aliphatic rings. The number of primary amides is 1. The molecule has 4 N–H and O–H groups in total. The molecule has 8 heteroatoms. The van der Waals surface area contributed by atoms with E-state index in [1.54, 1.807) is 36.4 Å². The minimum atomic E-state index is -0.494. The Hall–Kier alpha value is -3.68. The van der Waals surface area contributed by atoms with E-state index in [2.05, 4.69) is 20.3 Å². The number of methoxy groups -OCH3 is 1. The molecule has 0 saturated heterocycles. The van der Waals surface area contributed by atoms with Gasteiger partial charge in [-0.25, -0.2) is 0 Å². The monoisotopic (exact) mass is 365 g/mol. The van der Waals surface area contributed by atoms with Crippen LogP contribution in [0.3, 0.4) is 0 Å². The van der Waals surface area contributed by atoms with Crippen molar-refractivity contribution in [2.75, 3.05) is 19.0 Å². The molecule has 0 aliphatic carbocycles. The Morgan fingerprint density at radius 2 is 1.78 bits per heavy atom. The zero-order valence-electron chi connectivity index (χ0n) is 14.7. The van der Waals surface area contributed by atoms with Crippen LogP contribution in [-0.4, -0.2) is 39.6 Å². The number of amides is 1. The van der Waals surface area contributed by atoms with Gasteiger partial charge in [-0.2, -0.15) is 15.0 Å².